The van der Waals surface area contributed by atoms with E-state index in [-0.39, 0.29) is 4.88 Å². The van der Waals surface area contributed by atoms with Gasteiger partial charge >= 0.3 is 12.1 Å². The van der Waals surface area contributed by atoms with Gasteiger partial charge in [0.25, 0.3) is 0 Å². The Morgan fingerprint density at radius 1 is 1.20 bits per heavy atom. The Labute approximate surface area is 94.2 Å². The molecule has 0 aliphatic heterocycles. The van der Waals surface area contributed by atoms with E-state index < -0.39 is 18.1 Å². The highest BCUT2D eigenvalue weighted by Crippen LogP contribution is 2.45. The van der Waals surface area contributed by atoms with E-state index in [0.717, 1.165) is 17.4 Å². The number of hydrogen-bond acceptors (Lipinski definition) is 2. The van der Waals surface area contributed by atoms with Crippen LogP contribution in [0.25, 0.3) is 0 Å². The highest BCUT2D eigenvalue weighted by molar-refractivity contribution is 9.11. The van der Waals surface area contributed by atoms with Crippen molar-refractivity contribution in [3.8, 4) is 0 Å². The molecule has 0 radical (unpaired) electrons. The van der Waals surface area contributed by atoms with Crippen LogP contribution < -0.4 is 5.73 Å². The Morgan fingerprint density at radius 3 is 2.07 bits per heavy atom. The van der Waals surface area contributed by atoms with Gasteiger partial charge in [0.2, 0.25) is 0 Å². The van der Waals surface area contributed by atoms with Crippen LogP contribution in [0.3, 0.4) is 0 Å². The third-order valence-electron chi connectivity index (χ3n) is 1.67. The van der Waals surface area contributed by atoms with Crippen LogP contribution >= 0.6 is 27.3 Å². The zero-order valence-corrected chi connectivity index (χ0v) is 9.39. The summed E-state index contributed by atoms with van der Waals surface area (Å²) in [7, 11) is 0. The van der Waals surface area contributed by atoms with Crippen LogP contribution in [-0.4, -0.2) is 12.1 Å². The molecule has 1 aromatic rings. The highest BCUT2D eigenvalue weighted by Gasteiger charge is 2.62. The van der Waals surface area contributed by atoms with Crippen molar-refractivity contribution < 1.29 is 22.0 Å². The molecule has 15 heavy (non-hydrogen) atoms. The van der Waals surface area contributed by atoms with Crippen LogP contribution in [0.1, 0.15) is 10.9 Å². The van der Waals surface area contributed by atoms with Crippen molar-refractivity contribution in [2.24, 2.45) is 5.73 Å². The minimum Gasteiger partial charge on any atom is -0.318 e. The van der Waals surface area contributed by atoms with Gasteiger partial charge < -0.3 is 5.73 Å². The van der Waals surface area contributed by atoms with E-state index in [1.807, 2.05) is 0 Å². The summed E-state index contributed by atoms with van der Waals surface area (Å²) in [5, 5.41) is 0. The van der Waals surface area contributed by atoms with Gasteiger partial charge in [-0.3, -0.25) is 0 Å². The molecule has 0 amide bonds. The summed E-state index contributed by atoms with van der Waals surface area (Å²) in [6.45, 7) is 0. The molecule has 0 saturated heterocycles. The van der Waals surface area contributed by atoms with Gasteiger partial charge in [0.15, 0.2) is 0 Å². The summed E-state index contributed by atoms with van der Waals surface area (Å²) in [5.41, 5.74) is 4.89. The smallest absolute Gasteiger partial charge is 0.318 e. The number of alkyl halides is 5. The SMILES string of the molecule is N[C@@H](c1ccc(Br)s1)C(F)(F)C(F)(F)F. The van der Waals surface area contributed by atoms with Crippen LogP contribution in [0.2, 0.25) is 0 Å². The second kappa shape index (κ2) is 3.99. The van der Waals surface area contributed by atoms with Gasteiger partial charge in [-0.05, 0) is 28.1 Å². The molecule has 2 N–H and O–H groups in total. The van der Waals surface area contributed by atoms with E-state index in [0.29, 0.717) is 3.79 Å². The fourth-order valence-corrected chi connectivity index (χ4v) is 2.32. The van der Waals surface area contributed by atoms with Gasteiger partial charge in [-0.1, -0.05) is 0 Å². The van der Waals surface area contributed by atoms with E-state index >= 15 is 0 Å². The number of thiophene rings is 1. The maximum atomic E-state index is 12.8. The average molecular weight is 310 g/mol. The average Bonchev–Trinajstić information content (AvgIpc) is 2.48. The van der Waals surface area contributed by atoms with E-state index in [1.165, 1.54) is 6.07 Å². The van der Waals surface area contributed by atoms with Gasteiger partial charge in [-0.15, -0.1) is 11.3 Å². The predicted molar refractivity (Wildman–Crippen MR) is 49.9 cm³/mol. The normalized spacial score (nSPS) is 15.4. The Morgan fingerprint density at radius 2 is 1.73 bits per heavy atom. The topological polar surface area (TPSA) is 26.0 Å². The zero-order chi connectivity index (χ0) is 11.9. The van der Waals surface area contributed by atoms with E-state index in [1.54, 1.807) is 0 Å². The summed E-state index contributed by atoms with van der Waals surface area (Å²) in [6.07, 6.45) is -5.64. The molecule has 1 rings (SSSR count). The van der Waals surface area contributed by atoms with Gasteiger partial charge in [-0.25, -0.2) is 0 Å². The van der Waals surface area contributed by atoms with Crippen molar-refractivity contribution in [2.45, 2.75) is 18.1 Å². The Bertz CT molecular complexity index is 347. The lowest BCUT2D eigenvalue weighted by molar-refractivity contribution is -0.290. The number of nitrogens with two attached hydrogens (primary N) is 1. The minimum absolute atomic E-state index is 0.218. The first kappa shape index (κ1) is 12.9. The zero-order valence-electron chi connectivity index (χ0n) is 6.99. The molecule has 0 fully saturated rings. The van der Waals surface area contributed by atoms with Crippen molar-refractivity contribution in [1.82, 2.24) is 0 Å². The van der Waals surface area contributed by atoms with E-state index in [9.17, 15) is 22.0 Å². The van der Waals surface area contributed by atoms with Gasteiger partial charge in [0.1, 0.15) is 6.04 Å². The molecule has 0 aliphatic rings. The summed E-state index contributed by atoms with van der Waals surface area (Å²) in [4.78, 5) is -0.218. The van der Waals surface area contributed by atoms with Crippen LogP contribution in [0.5, 0.6) is 0 Å². The molecular weight excluding hydrogens is 305 g/mol. The quantitative estimate of drug-likeness (QED) is 0.828. The van der Waals surface area contributed by atoms with Gasteiger partial charge in [0, 0.05) is 4.88 Å². The molecule has 0 saturated carbocycles. The largest absolute Gasteiger partial charge is 0.455 e. The molecule has 0 unspecified atom stereocenters. The molecule has 0 aromatic carbocycles. The fraction of sp³-hybridized carbons (Fsp3) is 0.429. The van der Waals surface area contributed by atoms with Crippen molar-refractivity contribution >= 4 is 27.3 Å². The first-order valence-corrected chi connectivity index (χ1v) is 5.22. The maximum Gasteiger partial charge on any atom is 0.455 e. The molecule has 0 bridgehead atoms. The number of rotatable bonds is 2. The first-order chi connectivity index (χ1) is 6.66. The lowest BCUT2D eigenvalue weighted by atomic mass is 10.1. The van der Waals surface area contributed by atoms with Crippen LogP contribution in [-0.2, 0) is 0 Å². The number of hydrogen-bond donors (Lipinski definition) is 1. The molecule has 1 aromatic heterocycles. The monoisotopic (exact) mass is 309 g/mol. The molecule has 0 aliphatic carbocycles. The Hall–Kier alpha value is -0.210. The van der Waals surface area contributed by atoms with Gasteiger partial charge in [0.05, 0.1) is 3.79 Å². The summed E-state index contributed by atoms with van der Waals surface area (Å²) >= 11 is 3.70. The Kier molecular flexibility index (Phi) is 3.42. The summed E-state index contributed by atoms with van der Waals surface area (Å²) in [5.74, 6) is -4.92. The molecule has 0 spiro atoms. The standard InChI is InChI=1S/C7H5BrF5NS/c8-4-2-1-3(15-4)5(14)6(9,10)7(11,12)13/h1-2,5H,14H2/t5-/m0/s1. The van der Waals surface area contributed by atoms with Crippen molar-refractivity contribution in [3.63, 3.8) is 0 Å². The summed E-state index contributed by atoms with van der Waals surface area (Å²) in [6, 6.07) is 0.138. The second-order valence-electron chi connectivity index (χ2n) is 2.74. The lowest BCUT2D eigenvalue weighted by Gasteiger charge is -2.24. The number of halogens is 6. The molecule has 1 nitrogen and oxygen atoms in total. The first-order valence-electron chi connectivity index (χ1n) is 3.61. The summed E-state index contributed by atoms with van der Waals surface area (Å²) < 4.78 is 61.8. The molecular formula is C7H5BrF5NS. The molecule has 8 heteroatoms. The van der Waals surface area contributed by atoms with Crippen LogP contribution in [0.15, 0.2) is 15.9 Å². The third kappa shape index (κ3) is 2.48. The van der Waals surface area contributed by atoms with Crippen molar-refractivity contribution in [2.75, 3.05) is 0 Å². The Balaban J connectivity index is 2.99. The lowest BCUT2D eigenvalue weighted by Crippen LogP contribution is -2.45. The molecule has 1 heterocycles. The highest BCUT2D eigenvalue weighted by atomic mass is 79.9. The third-order valence-corrected chi connectivity index (χ3v) is 3.38. The van der Waals surface area contributed by atoms with Crippen molar-refractivity contribution in [3.05, 3.63) is 20.8 Å². The molecule has 1 atom stereocenters. The van der Waals surface area contributed by atoms with E-state index in [4.69, 9.17) is 5.73 Å². The van der Waals surface area contributed by atoms with Crippen LogP contribution in [0, 0.1) is 0 Å². The van der Waals surface area contributed by atoms with Gasteiger partial charge in [-0.2, -0.15) is 22.0 Å². The van der Waals surface area contributed by atoms with Crippen LogP contribution in [0.4, 0.5) is 22.0 Å². The fourth-order valence-electron chi connectivity index (χ4n) is 0.850. The second-order valence-corrected chi connectivity index (χ2v) is 5.23. The minimum atomic E-state index is -5.64. The van der Waals surface area contributed by atoms with Crippen molar-refractivity contribution in [1.29, 1.82) is 0 Å². The predicted octanol–water partition coefficient (Wildman–Crippen LogP) is 3.71. The van der Waals surface area contributed by atoms with E-state index in [2.05, 4.69) is 15.9 Å². The maximum absolute atomic E-state index is 12.8. The molecule has 86 valence electrons.